The maximum atomic E-state index is 12.4. The van der Waals surface area contributed by atoms with Crippen LogP contribution in [0.15, 0.2) is 48.5 Å². The van der Waals surface area contributed by atoms with Crippen molar-refractivity contribution < 1.29 is 14.6 Å². The van der Waals surface area contributed by atoms with Crippen LogP contribution in [0.1, 0.15) is 24.4 Å². The van der Waals surface area contributed by atoms with Gasteiger partial charge in [-0.15, -0.1) is 0 Å². The standard InChI is InChI=1S/C19H21N3O3/c1-13(23)19-21-15-8-4-5-9-16(15)22(19)12-18(24)20-11-14-7-3-6-10-17(14)25-2/h3-10,13,23H,11-12H2,1-2H3,(H,20,24). The summed E-state index contributed by atoms with van der Waals surface area (Å²) in [4.78, 5) is 16.8. The van der Waals surface area contributed by atoms with E-state index in [1.54, 1.807) is 18.6 Å². The van der Waals surface area contributed by atoms with Crippen LogP contribution in [-0.2, 0) is 17.9 Å². The van der Waals surface area contributed by atoms with Crippen molar-refractivity contribution >= 4 is 16.9 Å². The highest BCUT2D eigenvalue weighted by Gasteiger charge is 2.16. The second-order valence-electron chi connectivity index (χ2n) is 5.81. The number of imidazole rings is 1. The van der Waals surface area contributed by atoms with Crippen molar-refractivity contribution in [3.63, 3.8) is 0 Å². The summed E-state index contributed by atoms with van der Waals surface area (Å²) < 4.78 is 7.04. The largest absolute Gasteiger partial charge is 0.496 e. The van der Waals surface area contributed by atoms with Gasteiger partial charge in [0.1, 0.15) is 24.2 Å². The van der Waals surface area contributed by atoms with Gasteiger partial charge in [0, 0.05) is 12.1 Å². The Morgan fingerprint density at radius 2 is 1.96 bits per heavy atom. The van der Waals surface area contributed by atoms with Crippen LogP contribution < -0.4 is 10.1 Å². The van der Waals surface area contributed by atoms with E-state index in [-0.39, 0.29) is 12.5 Å². The fourth-order valence-corrected chi connectivity index (χ4v) is 2.82. The molecule has 6 nitrogen and oxygen atoms in total. The fraction of sp³-hybridized carbons (Fsp3) is 0.263. The van der Waals surface area contributed by atoms with Crippen LogP contribution in [0, 0.1) is 0 Å². The van der Waals surface area contributed by atoms with Gasteiger partial charge < -0.3 is 19.7 Å². The first-order valence-corrected chi connectivity index (χ1v) is 8.12. The number of hydrogen-bond acceptors (Lipinski definition) is 4. The summed E-state index contributed by atoms with van der Waals surface area (Å²) in [6, 6.07) is 15.1. The highest BCUT2D eigenvalue weighted by molar-refractivity contribution is 5.81. The van der Waals surface area contributed by atoms with Crippen LogP contribution in [0.4, 0.5) is 0 Å². The van der Waals surface area contributed by atoms with Crippen molar-refractivity contribution in [2.45, 2.75) is 26.1 Å². The van der Waals surface area contributed by atoms with E-state index >= 15 is 0 Å². The molecule has 25 heavy (non-hydrogen) atoms. The zero-order chi connectivity index (χ0) is 17.8. The van der Waals surface area contributed by atoms with E-state index in [0.717, 1.165) is 22.3 Å². The van der Waals surface area contributed by atoms with Crippen LogP contribution in [0.2, 0.25) is 0 Å². The van der Waals surface area contributed by atoms with Gasteiger partial charge in [0.25, 0.3) is 0 Å². The summed E-state index contributed by atoms with van der Waals surface area (Å²) in [6.45, 7) is 2.11. The van der Waals surface area contributed by atoms with Crippen molar-refractivity contribution in [3.8, 4) is 5.75 Å². The van der Waals surface area contributed by atoms with Crippen molar-refractivity contribution in [2.24, 2.45) is 0 Å². The first-order chi connectivity index (χ1) is 12.1. The Hall–Kier alpha value is -2.86. The Morgan fingerprint density at radius 1 is 1.24 bits per heavy atom. The summed E-state index contributed by atoms with van der Waals surface area (Å²) in [5.41, 5.74) is 2.49. The third-order valence-corrected chi connectivity index (χ3v) is 4.03. The quantitative estimate of drug-likeness (QED) is 0.723. The van der Waals surface area contributed by atoms with Gasteiger partial charge in [-0.25, -0.2) is 4.98 Å². The first-order valence-electron chi connectivity index (χ1n) is 8.12. The molecule has 0 aliphatic rings. The molecule has 2 aromatic carbocycles. The molecular weight excluding hydrogens is 318 g/mol. The third kappa shape index (κ3) is 3.64. The molecule has 0 saturated heterocycles. The molecule has 1 heterocycles. The van der Waals surface area contributed by atoms with Gasteiger partial charge in [0.05, 0.1) is 18.1 Å². The van der Waals surface area contributed by atoms with Gasteiger partial charge in [0.15, 0.2) is 0 Å². The number of aromatic nitrogens is 2. The SMILES string of the molecule is COc1ccccc1CNC(=O)Cn1c(C(C)O)nc2ccccc21. The van der Waals surface area contributed by atoms with Crippen LogP contribution in [0.25, 0.3) is 11.0 Å². The number of aliphatic hydroxyl groups excluding tert-OH is 1. The second-order valence-corrected chi connectivity index (χ2v) is 5.81. The number of benzene rings is 2. The van der Waals surface area contributed by atoms with Crippen molar-refractivity contribution in [1.29, 1.82) is 0 Å². The lowest BCUT2D eigenvalue weighted by Gasteiger charge is -2.12. The number of nitrogens with zero attached hydrogens (tertiary/aromatic N) is 2. The van der Waals surface area contributed by atoms with E-state index in [9.17, 15) is 9.90 Å². The average Bonchev–Trinajstić information content (AvgIpc) is 2.99. The van der Waals surface area contributed by atoms with Crippen LogP contribution >= 0.6 is 0 Å². The Bertz CT molecular complexity index is 887. The fourth-order valence-electron chi connectivity index (χ4n) is 2.82. The van der Waals surface area contributed by atoms with Crippen LogP contribution in [0.5, 0.6) is 5.75 Å². The molecule has 2 N–H and O–H groups in total. The van der Waals surface area contributed by atoms with E-state index in [1.807, 2.05) is 48.5 Å². The van der Waals surface area contributed by atoms with E-state index in [2.05, 4.69) is 10.3 Å². The third-order valence-electron chi connectivity index (χ3n) is 4.03. The molecule has 6 heteroatoms. The maximum Gasteiger partial charge on any atom is 0.240 e. The predicted molar refractivity (Wildman–Crippen MR) is 95.2 cm³/mol. The molecule has 1 unspecified atom stereocenters. The Balaban J connectivity index is 1.77. The zero-order valence-electron chi connectivity index (χ0n) is 14.3. The lowest BCUT2D eigenvalue weighted by molar-refractivity contribution is -0.121. The first kappa shape index (κ1) is 17.0. The monoisotopic (exact) mass is 339 g/mol. The number of methoxy groups -OCH3 is 1. The molecule has 0 bridgehead atoms. The number of fused-ring (bicyclic) bond motifs is 1. The Labute approximate surface area is 146 Å². The summed E-state index contributed by atoms with van der Waals surface area (Å²) >= 11 is 0. The summed E-state index contributed by atoms with van der Waals surface area (Å²) in [6.07, 6.45) is -0.755. The normalized spacial score (nSPS) is 12.1. The van der Waals surface area contributed by atoms with Gasteiger partial charge in [0.2, 0.25) is 5.91 Å². The molecule has 0 fully saturated rings. The molecule has 0 spiro atoms. The molecule has 1 atom stereocenters. The molecule has 0 saturated carbocycles. The van der Waals surface area contributed by atoms with Gasteiger partial charge >= 0.3 is 0 Å². The molecule has 3 rings (SSSR count). The summed E-state index contributed by atoms with van der Waals surface area (Å²) in [7, 11) is 1.60. The molecule has 1 aromatic heterocycles. The van der Waals surface area contributed by atoms with Crippen molar-refractivity contribution in [2.75, 3.05) is 7.11 Å². The summed E-state index contributed by atoms with van der Waals surface area (Å²) in [5, 5.41) is 12.9. The molecule has 1 amide bonds. The summed E-state index contributed by atoms with van der Waals surface area (Å²) in [5.74, 6) is 1.06. The number of amides is 1. The molecular formula is C19H21N3O3. The number of para-hydroxylation sites is 3. The van der Waals surface area contributed by atoms with Crippen LogP contribution in [0.3, 0.4) is 0 Å². The number of carbonyl (C=O) groups is 1. The van der Waals surface area contributed by atoms with Gasteiger partial charge in [-0.2, -0.15) is 0 Å². The van der Waals surface area contributed by atoms with Crippen molar-refractivity contribution in [1.82, 2.24) is 14.9 Å². The zero-order valence-corrected chi connectivity index (χ0v) is 14.3. The minimum absolute atomic E-state index is 0.0932. The van der Waals surface area contributed by atoms with E-state index in [1.165, 1.54) is 0 Å². The number of aliphatic hydroxyl groups is 1. The second kappa shape index (κ2) is 7.36. The molecule has 0 aliphatic heterocycles. The highest BCUT2D eigenvalue weighted by Crippen LogP contribution is 2.21. The number of carbonyl (C=O) groups excluding carboxylic acids is 1. The molecule has 0 aliphatic carbocycles. The van der Waals surface area contributed by atoms with Crippen molar-refractivity contribution in [3.05, 3.63) is 59.9 Å². The maximum absolute atomic E-state index is 12.4. The van der Waals surface area contributed by atoms with E-state index in [4.69, 9.17) is 4.74 Å². The minimum Gasteiger partial charge on any atom is -0.496 e. The minimum atomic E-state index is -0.755. The number of hydrogen-bond donors (Lipinski definition) is 2. The van der Waals surface area contributed by atoms with Gasteiger partial charge in [-0.1, -0.05) is 30.3 Å². The van der Waals surface area contributed by atoms with Gasteiger partial charge in [-0.3, -0.25) is 4.79 Å². The Morgan fingerprint density at radius 3 is 2.72 bits per heavy atom. The predicted octanol–water partition coefficient (Wildman–Crippen LogP) is 2.41. The number of rotatable bonds is 6. The van der Waals surface area contributed by atoms with E-state index in [0.29, 0.717) is 12.4 Å². The van der Waals surface area contributed by atoms with Gasteiger partial charge in [-0.05, 0) is 25.1 Å². The lowest BCUT2D eigenvalue weighted by Crippen LogP contribution is -2.28. The Kier molecular flexibility index (Phi) is 5.00. The smallest absolute Gasteiger partial charge is 0.240 e. The lowest BCUT2D eigenvalue weighted by atomic mass is 10.2. The average molecular weight is 339 g/mol. The molecule has 130 valence electrons. The molecule has 3 aromatic rings. The van der Waals surface area contributed by atoms with E-state index < -0.39 is 6.10 Å². The van der Waals surface area contributed by atoms with Crippen LogP contribution in [-0.4, -0.2) is 27.7 Å². The molecule has 0 radical (unpaired) electrons. The topological polar surface area (TPSA) is 76.4 Å². The highest BCUT2D eigenvalue weighted by atomic mass is 16.5. The number of nitrogens with one attached hydrogen (secondary N) is 1. The number of ether oxygens (including phenoxy) is 1.